The third-order valence-corrected chi connectivity index (χ3v) is 6.97. The molecule has 1 fully saturated rings. The topological polar surface area (TPSA) is 94.3 Å². The Morgan fingerprint density at radius 3 is 2.72 bits per heavy atom. The molecule has 0 aromatic heterocycles. The van der Waals surface area contributed by atoms with Crippen molar-refractivity contribution in [2.45, 2.75) is 56.3 Å². The zero-order valence-corrected chi connectivity index (χ0v) is 19.8. The molecular formula is C27H29FN4O4. The molecule has 0 bridgehead atoms. The van der Waals surface area contributed by atoms with Gasteiger partial charge in [0, 0.05) is 23.3 Å². The molecule has 2 aromatic carbocycles. The number of carbonyl (C=O) groups is 3. The van der Waals surface area contributed by atoms with Crippen molar-refractivity contribution < 1.29 is 28.0 Å². The number of anilines is 1. The monoisotopic (exact) mass is 495 g/mol. The molecule has 9 heteroatoms. The first-order valence-corrected chi connectivity index (χ1v) is 11.8. The Hall–Kier alpha value is -3.77. The van der Waals surface area contributed by atoms with Crippen molar-refractivity contribution in [1.82, 2.24) is 9.80 Å². The summed E-state index contributed by atoms with van der Waals surface area (Å²) in [5.74, 6) is -2.98. The molecule has 0 aliphatic carbocycles. The van der Waals surface area contributed by atoms with E-state index in [4.69, 9.17) is 10.7 Å². The lowest BCUT2D eigenvalue weighted by atomic mass is 9.80. The van der Waals surface area contributed by atoms with Crippen LogP contribution in [-0.4, -0.2) is 58.4 Å². The number of para-hydroxylation sites is 1. The van der Waals surface area contributed by atoms with Crippen LogP contribution in [0.4, 0.5) is 10.1 Å². The average Bonchev–Trinajstić information content (AvgIpc) is 3.43. The van der Waals surface area contributed by atoms with Gasteiger partial charge in [0.15, 0.2) is 6.10 Å². The SMILES string of the molecule is [2H]C([2H])([2H])N(C(=O)[C@@H](O)c1ccc(F)cc1)[C@@H](CCCC)C(=O)N1C[C@]2(C[C@H]1[N+]#[C-])C(=O)Nc1ccccc12. The van der Waals surface area contributed by atoms with E-state index >= 15 is 0 Å². The first-order chi connectivity index (χ1) is 18.4. The van der Waals surface area contributed by atoms with E-state index < -0.39 is 48.3 Å². The summed E-state index contributed by atoms with van der Waals surface area (Å²) < 4.78 is 37.7. The number of hydrogen-bond donors (Lipinski definition) is 2. The third kappa shape index (κ3) is 4.33. The number of nitrogens with zero attached hydrogens (tertiary/aromatic N) is 3. The van der Waals surface area contributed by atoms with Gasteiger partial charge in [-0.05, 0) is 35.7 Å². The first kappa shape index (κ1) is 21.5. The second kappa shape index (κ2) is 10.1. The molecule has 2 aliphatic rings. The van der Waals surface area contributed by atoms with Crippen LogP contribution in [-0.2, 0) is 19.8 Å². The Labute approximate surface area is 213 Å². The Bertz CT molecular complexity index is 1310. The molecular weight excluding hydrogens is 463 g/mol. The second-order valence-corrected chi connectivity index (χ2v) is 9.18. The van der Waals surface area contributed by atoms with Crippen molar-refractivity contribution in [3.8, 4) is 0 Å². The Balaban J connectivity index is 1.71. The minimum Gasteiger partial charge on any atom is -0.378 e. The summed E-state index contributed by atoms with van der Waals surface area (Å²) in [4.78, 5) is 45.8. The lowest BCUT2D eigenvalue weighted by Crippen LogP contribution is -2.52. The van der Waals surface area contributed by atoms with Crippen LogP contribution >= 0.6 is 0 Å². The number of nitrogens with one attached hydrogen (secondary N) is 1. The quantitative estimate of drug-likeness (QED) is 0.577. The summed E-state index contributed by atoms with van der Waals surface area (Å²) in [6, 6.07) is 9.85. The summed E-state index contributed by atoms with van der Waals surface area (Å²) >= 11 is 0. The lowest BCUT2D eigenvalue weighted by molar-refractivity contribution is -0.150. The van der Waals surface area contributed by atoms with E-state index in [2.05, 4.69) is 10.2 Å². The zero-order valence-electron chi connectivity index (χ0n) is 22.8. The second-order valence-electron chi connectivity index (χ2n) is 9.18. The fourth-order valence-corrected chi connectivity index (χ4v) is 4.98. The van der Waals surface area contributed by atoms with Crippen molar-refractivity contribution in [2.24, 2.45) is 0 Å². The van der Waals surface area contributed by atoms with Gasteiger partial charge in [-0.15, -0.1) is 0 Å². The predicted octanol–water partition coefficient (Wildman–Crippen LogP) is 3.24. The number of fused-ring (bicyclic) bond motifs is 2. The lowest BCUT2D eigenvalue weighted by Gasteiger charge is -2.32. The number of likely N-dealkylation sites (tertiary alicyclic amines) is 1. The van der Waals surface area contributed by atoms with Gasteiger partial charge in [0.1, 0.15) is 17.3 Å². The van der Waals surface area contributed by atoms with Gasteiger partial charge in [0.25, 0.3) is 11.8 Å². The fourth-order valence-electron chi connectivity index (χ4n) is 4.98. The number of amides is 3. The van der Waals surface area contributed by atoms with Crippen LogP contribution in [0.2, 0.25) is 0 Å². The number of rotatable bonds is 7. The van der Waals surface area contributed by atoms with Crippen molar-refractivity contribution in [2.75, 3.05) is 18.8 Å². The number of aliphatic hydroxyl groups excluding tert-OH is 1. The summed E-state index contributed by atoms with van der Waals surface area (Å²) in [6.45, 7) is 6.31. The Kier molecular flexibility index (Phi) is 6.02. The summed E-state index contributed by atoms with van der Waals surface area (Å²) in [5, 5.41) is 13.6. The molecule has 0 unspecified atom stereocenters. The molecule has 2 heterocycles. The van der Waals surface area contributed by atoms with Crippen LogP contribution in [0.15, 0.2) is 48.5 Å². The molecule has 4 rings (SSSR count). The van der Waals surface area contributed by atoms with E-state index in [1.165, 1.54) is 4.90 Å². The van der Waals surface area contributed by atoms with Gasteiger partial charge in [-0.1, -0.05) is 50.1 Å². The molecule has 2 aromatic rings. The number of halogens is 1. The van der Waals surface area contributed by atoms with Gasteiger partial charge in [0.05, 0.1) is 6.42 Å². The minimum atomic E-state index is -3.12. The Morgan fingerprint density at radius 1 is 1.33 bits per heavy atom. The summed E-state index contributed by atoms with van der Waals surface area (Å²) in [5.41, 5.74) is 0.0271. The normalized spacial score (nSPS) is 23.6. The van der Waals surface area contributed by atoms with E-state index in [9.17, 15) is 23.9 Å². The fraction of sp³-hybridized carbons (Fsp3) is 0.407. The van der Waals surface area contributed by atoms with Crippen LogP contribution in [0.3, 0.4) is 0 Å². The van der Waals surface area contributed by atoms with E-state index in [0.717, 1.165) is 24.3 Å². The van der Waals surface area contributed by atoms with E-state index in [1.54, 1.807) is 24.3 Å². The molecule has 188 valence electrons. The van der Waals surface area contributed by atoms with E-state index in [0.29, 0.717) is 29.0 Å². The van der Waals surface area contributed by atoms with Crippen LogP contribution < -0.4 is 5.32 Å². The predicted molar refractivity (Wildman–Crippen MR) is 131 cm³/mol. The van der Waals surface area contributed by atoms with Crippen molar-refractivity contribution in [3.05, 3.63) is 76.9 Å². The number of aliphatic hydroxyl groups is 1. The van der Waals surface area contributed by atoms with Gasteiger partial charge in [-0.2, -0.15) is 0 Å². The van der Waals surface area contributed by atoms with Crippen LogP contribution in [0, 0.1) is 12.4 Å². The van der Waals surface area contributed by atoms with Crippen molar-refractivity contribution in [1.29, 1.82) is 0 Å². The first-order valence-electron chi connectivity index (χ1n) is 13.3. The molecule has 8 nitrogen and oxygen atoms in total. The van der Waals surface area contributed by atoms with Crippen molar-refractivity contribution >= 4 is 23.4 Å². The number of likely N-dealkylation sites (N-methyl/N-ethyl adjacent to an activating group) is 1. The molecule has 3 amide bonds. The molecule has 4 atom stereocenters. The third-order valence-electron chi connectivity index (χ3n) is 6.97. The van der Waals surface area contributed by atoms with Crippen molar-refractivity contribution in [3.63, 3.8) is 0 Å². The zero-order chi connectivity index (χ0) is 28.5. The standard InChI is InChI=1S/C27H29FN4O4/c1-4-5-10-21(31(3)25(35)23(33)17-11-13-18(28)14-12-17)24(34)32-16-27(15-22(32)29-2)19-8-6-7-9-20(19)30-26(27)36/h6-9,11-14,21-23,33H,4-5,10,15-16H2,1,3H3,(H,30,36)/t21-,22-,23-,27-/m0/s1/i3D3. The average molecular weight is 496 g/mol. The molecule has 2 aliphatic heterocycles. The van der Waals surface area contributed by atoms with Gasteiger partial charge in [-0.3, -0.25) is 24.1 Å². The molecule has 1 spiro atoms. The molecule has 2 N–H and O–H groups in total. The van der Waals surface area contributed by atoms with Gasteiger partial charge < -0.3 is 15.3 Å². The summed E-state index contributed by atoms with van der Waals surface area (Å²) in [6.07, 6.45) is -2.07. The highest BCUT2D eigenvalue weighted by Crippen LogP contribution is 2.47. The molecule has 36 heavy (non-hydrogen) atoms. The van der Waals surface area contributed by atoms with Gasteiger partial charge >= 0.3 is 6.17 Å². The van der Waals surface area contributed by atoms with Crippen LogP contribution in [0.5, 0.6) is 0 Å². The maximum absolute atomic E-state index is 14.1. The largest absolute Gasteiger partial charge is 0.378 e. The Morgan fingerprint density at radius 2 is 2.06 bits per heavy atom. The van der Waals surface area contributed by atoms with Crippen LogP contribution in [0.25, 0.3) is 4.85 Å². The van der Waals surface area contributed by atoms with E-state index in [1.807, 2.05) is 6.92 Å². The molecule has 0 saturated carbocycles. The van der Waals surface area contributed by atoms with Gasteiger partial charge in [0.2, 0.25) is 5.91 Å². The highest BCUT2D eigenvalue weighted by molar-refractivity contribution is 6.07. The van der Waals surface area contributed by atoms with E-state index in [-0.39, 0.29) is 30.9 Å². The van der Waals surface area contributed by atoms with Crippen LogP contribution in [0.1, 0.15) is 54.0 Å². The number of hydrogen-bond acceptors (Lipinski definition) is 4. The minimum absolute atomic E-state index is 0.0193. The number of unbranched alkanes of at least 4 members (excludes halogenated alkanes) is 1. The summed E-state index contributed by atoms with van der Waals surface area (Å²) in [7, 11) is 0. The smallest absolute Gasteiger partial charge is 0.302 e. The number of benzene rings is 2. The maximum Gasteiger partial charge on any atom is 0.302 e. The molecule has 0 radical (unpaired) electrons. The molecule has 1 saturated heterocycles. The maximum atomic E-state index is 14.1. The highest BCUT2D eigenvalue weighted by Gasteiger charge is 2.59. The number of carbonyl (C=O) groups excluding carboxylic acids is 3. The van der Waals surface area contributed by atoms with Gasteiger partial charge in [-0.25, -0.2) is 11.0 Å². The highest BCUT2D eigenvalue weighted by atomic mass is 19.1.